The van der Waals surface area contributed by atoms with E-state index in [1.54, 1.807) is 72.8 Å². The summed E-state index contributed by atoms with van der Waals surface area (Å²) in [6.07, 6.45) is 0.944. The lowest BCUT2D eigenvalue weighted by Gasteiger charge is -2.23. The molecule has 0 radical (unpaired) electrons. The molecule has 0 amide bonds. The highest BCUT2D eigenvalue weighted by atomic mass is 79.9. The molecule has 0 aliphatic heterocycles. The number of carbonyl (C=O) groups excluding carboxylic acids is 1. The summed E-state index contributed by atoms with van der Waals surface area (Å²) < 4.78 is 43.9. The fourth-order valence-corrected chi connectivity index (χ4v) is 12.8. The molecule has 0 bridgehead atoms. The molecule has 0 spiro atoms. The van der Waals surface area contributed by atoms with Crippen LogP contribution in [0.25, 0.3) is 16.0 Å². The van der Waals surface area contributed by atoms with Gasteiger partial charge in [0, 0.05) is 112 Å². The standard InChI is InChI=1S/C20H19NO.C18H22BrNO.C16H17NO3.C16H15NO.C15H14F3NO.C15H14N2O/c1-15-10-11-20(22)18(12-15)14-21-19-9-5-8-17(13-19)16-6-3-2-4-7-16;1-12-9-13(17(21)15(19)10-12)11-20-16-8-6-5-7-14(16)18(2,3)4;1-11-3-8-15(18)13(9-11)10-17-14-6-4-12(5-7-14)16(19)20-2;1-3-13-5-4-6-15(10-13)17-11-14-8-7-12(2)9-16(14)18;1-10-6-7-14(20)11(8-10)9-19-13-5-3-2-4-12(13)15(16,17)18;1-11-3-8-15(18)12(9-11)10-17-14-6-4-13(16-2)5-7-14/h2-13,21-22H,14H2,1H3;5-10,20-21H,11H2,1-4H3;3-9,17-18H,10H2,1-2H3;1,4-10,17-18H,11H2,2H3;2-8,19-20H,9H2,1H3;3-9,17-18H,10H2,1H3. The van der Waals surface area contributed by atoms with Gasteiger partial charge >= 0.3 is 12.1 Å². The number of terminal acetylenes is 1. The van der Waals surface area contributed by atoms with Gasteiger partial charge in [0.25, 0.3) is 0 Å². The summed E-state index contributed by atoms with van der Waals surface area (Å²) >= 11 is 3.39. The van der Waals surface area contributed by atoms with Gasteiger partial charge in [0.2, 0.25) is 0 Å². The number of halogens is 4. The Morgan fingerprint density at radius 1 is 0.403 bits per heavy atom. The fourth-order valence-electron chi connectivity index (χ4n) is 12.2. The smallest absolute Gasteiger partial charge is 0.418 e. The third-order valence-corrected chi connectivity index (χ3v) is 19.2. The van der Waals surface area contributed by atoms with Gasteiger partial charge in [-0.1, -0.05) is 207 Å². The number of ether oxygens (including phenoxy) is 1. The van der Waals surface area contributed by atoms with Crippen LogP contribution in [0.3, 0.4) is 0 Å². The van der Waals surface area contributed by atoms with Crippen LogP contribution in [0.4, 0.5) is 53.0 Å². The van der Waals surface area contributed by atoms with E-state index in [2.05, 4.69) is 127 Å². The first-order chi connectivity index (χ1) is 56.9. The number of phenolic OH excluding ortho intramolecular Hbond substituents is 6. The summed E-state index contributed by atoms with van der Waals surface area (Å²) in [5.74, 6) is 3.83. The van der Waals surface area contributed by atoms with E-state index in [9.17, 15) is 48.6 Å². The van der Waals surface area contributed by atoms with E-state index >= 15 is 0 Å². The lowest BCUT2D eigenvalue weighted by Crippen LogP contribution is -2.14. The third kappa shape index (κ3) is 29.2. The number of rotatable bonds is 20. The van der Waals surface area contributed by atoms with Crippen molar-refractivity contribution < 1.29 is 53.3 Å². The maximum atomic E-state index is 12.8. The fraction of sp³-hybridized carbons (Fsp3) is 0.180. The zero-order chi connectivity index (χ0) is 86.2. The first-order valence-corrected chi connectivity index (χ1v) is 39.1. The Morgan fingerprint density at radius 2 is 0.798 bits per heavy atom. The highest BCUT2D eigenvalue weighted by molar-refractivity contribution is 9.10. The van der Waals surface area contributed by atoms with Gasteiger partial charge in [-0.2, -0.15) is 13.2 Å². The molecule has 13 rings (SSSR count). The van der Waals surface area contributed by atoms with Crippen LogP contribution in [0.5, 0.6) is 34.5 Å². The van der Waals surface area contributed by atoms with Crippen molar-refractivity contribution >= 4 is 61.7 Å². The minimum Gasteiger partial charge on any atom is -0.508 e. The first kappa shape index (κ1) is 90.8. The van der Waals surface area contributed by atoms with Crippen molar-refractivity contribution in [1.29, 1.82) is 0 Å². The van der Waals surface area contributed by atoms with Gasteiger partial charge in [0.15, 0.2) is 5.69 Å². The summed E-state index contributed by atoms with van der Waals surface area (Å²) in [6, 6.07) is 85.4. The van der Waals surface area contributed by atoms with Crippen molar-refractivity contribution in [3.63, 3.8) is 0 Å². The second-order valence-corrected chi connectivity index (χ2v) is 30.1. The molecular weight excluding hydrogens is 1560 g/mol. The molecule has 13 aromatic carbocycles. The van der Waals surface area contributed by atoms with E-state index in [-0.39, 0.29) is 35.1 Å². The molecular formula is C100H101BrF3N7O8. The topological polar surface area (TPSA) is 224 Å². The normalized spacial score (nSPS) is 10.5. The second-order valence-electron chi connectivity index (χ2n) is 29.3. The van der Waals surface area contributed by atoms with Gasteiger partial charge in [0.05, 0.1) is 29.3 Å². The number of benzene rings is 13. The van der Waals surface area contributed by atoms with Gasteiger partial charge in [-0.3, -0.25) is 0 Å². The van der Waals surface area contributed by atoms with Crippen LogP contribution in [0.2, 0.25) is 0 Å². The molecule has 0 aliphatic carbocycles. The van der Waals surface area contributed by atoms with Crippen molar-refractivity contribution in [2.75, 3.05) is 39.0 Å². The molecule has 0 unspecified atom stereocenters. The quantitative estimate of drug-likeness (QED) is 0.0194. The van der Waals surface area contributed by atoms with Gasteiger partial charge in [-0.25, -0.2) is 9.64 Å². The number of nitrogens with zero attached hydrogens (tertiary/aromatic N) is 1. The number of aromatic hydroxyl groups is 6. The molecule has 12 N–H and O–H groups in total. The van der Waals surface area contributed by atoms with Gasteiger partial charge in [-0.15, -0.1) is 6.42 Å². The molecule has 0 atom stereocenters. The predicted molar refractivity (Wildman–Crippen MR) is 482 cm³/mol. The maximum absolute atomic E-state index is 12.8. The number of esters is 1. The number of phenols is 6. The maximum Gasteiger partial charge on any atom is 0.418 e. The molecule has 119 heavy (non-hydrogen) atoms. The lowest BCUT2D eigenvalue weighted by molar-refractivity contribution is -0.137. The second kappa shape index (κ2) is 44.4. The number of alkyl halides is 3. The third-order valence-electron chi connectivity index (χ3n) is 18.6. The van der Waals surface area contributed by atoms with E-state index in [1.807, 2.05) is 175 Å². The lowest BCUT2D eigenvalue weighted by atomic mass is 9.86. The van der Waals surface area contributed by atoms with Gasteiger partial charge in [-0.05, 0) is 212 Å². The van der Waals surface area contributed by atoms with Crippen molar-refractivity contribution in [3.8, 4) is 58.0 Å². The van der Waals surface area contributed by atoms with Crippen LogP contribution in [0, 0.1) is 60.5 Å². The van der Waals surface area contributed by atoms with Crippen LogP contribution in [-0.2, 0) is 55.6 Å². The summed E-state index contributed by atoms with van der Waals surface area (Å²) in [7, 11) is 1.36. The molecule has 19 heteroatoms. The van der Waals surface area contributed by atoms with E-state index < -0.39 is 11.7 Å². The summed E-state index contributed by atoms with van der Waals surface area (Å²) in [4.78, 5) is 14.6. The zero-order valence-corrected chi connectivity index (χ0v) is 69.9. The van der Waals surface area contributed by atoms with Crippen LogP contribution in [0.15, 0.2) is 284 Å². The average molecular weight is 1670 g/mol. The van der Waals surface area contributed by atoms with Crippen LogP contribution < -0.4 is 31.9 Å². The van der Waals surface area contributed by atoms with Crippen molar-refractivity contribution in [1.82, 2.24) is 0 Å². The Balaban J connectivity index is 0.000000178. The molecule has 612 valence electrons. The molecule has 0 aliphatic rings. The summed E-state index contributed by atoms with van der Waals surface area (Å²) in [5.41, 5.74) is 21.3. The molecule has 0 heterocycles. The van der Waals surface area contributed by atoms with Crippen molar-refractivity contribution in [2.45, 2.75) is 113 Å². The van der Waals surface area contributed by atoms with E-state index in [1.165, 1.54) is 48.1 Å². The number of aryl methyl sites for hydroxylation is 6. The number of para-hydroxylation sites is 2. The highest BCUT2D eigenvalue weighted by Gasteiger charge is 2.33. The van der Waals surface area contributed by atoms with Crippen molar-refractivity contribution in [2.24, 2.45) is 0 Å². The highest BCUT2D eigenvalue weighted by Crippen LogP contribution is 2.37. The number of nitrogens with one attached hydrogen (secondary N) is 6. The Hall–Kier alpha value is -13.8. The summed E-state index contributed by atoms with van der Waals surface area (Å²) in [6.45, 7) is 28.3. The molecule has 0 aromatic heterocycles. The number of hydrogen-bond donors (Lipinski definition) is 12. The molecule has 0 saturated carbocycles. The minimum atomic E-state index is -4.40. The molecule has 0 fully saturated rings. The largest absolute Gasteiger partial charge is 0.508 e. The average Bonchev–Trinajstić information content (AvgIpc) is 0.784. The Bertz CT molecular complexity index is 5590. The predicted octanol–water partition coefficient (Wildman–Crippen LogP) is 24.9. The SMILES string of the molecule is C#Cc1cccc(NCc2ccc(C)cc2O)c1.COC(=O)c1ccc(NCc2cc(C)ccc2O)cc1.Cc1cc(Br)c(O)c(CNc2ccccc2C(C)(C)C)c1.Cc1ccc(O)c(CNc2cccc(-c3ccccc3)c2)c1.Cc1ccc(O)c(CNc2ccccc2C(F)(F)F)c1.[C-]#[N+]c1ccc(NCc2cc(C)ccc2O)cc1. The first-order valence-electron chi connectivity index (χ1n) is 38.3. The van der Waals surface area contributed by atoms with Crippen molar-refractivity contribution in [3.05, 3.63) is 384 Å². The van der Waals surface area contributed by atoms with Gasteiger partial charge in [0.1, 0.15) is 34.5 Å². The Morgan fingerprint density at radius 3 is 1.27 bits per heavy atom. The minimum absolute atomic E-state index is 0.000839. The number of anilines is 6. The number of methoxy groups -OCH3 is 1. The van der Waals surface area contributed by atoms with Crippen LogP contribution in [-0.4, -0.2) is 43.7 Å². The van der Waals surface area contributed by atoms with E-state index in [0.29, 0.717) is 72.5 Å². The monoisotopic (exact) mass is 1660 g/mol. The summed E-state index contributed by atoms with van der Waals surface area (Å²) in [5, 5.41) is 78.2. The number of hydrogen-bond acceptors (Lipinski definition) is 14. The van der Waals surface area contributed by atoms with Crippen LogP contribution in [0.1, 0.15) is 115 Å². The number of carbonyl (C=O) groups is 1. The zero-order valence-electron chi connectivity index (χ0n) is 68.3. The molecule has 13 aromatic rings. The van der Waals surface area contributed by atoms with E-state index in [0.717, 1.165) is 106 Å². The van der Waals surface area contributed by atoms with Gasteiger partial charge < -0.3 is 67.3 Å². The Kier molecular flexibility index (Phi) is 33.9. The van der Waals surface area contributed by atoms with E-state index in [4.69, 9.17) is 13.0 Å². The van der Waals surface area contributed by atoms with Crippen LogP contribution >= 0.6 is 15.9 Å². The Labute approximate surface area is 704 Å². The molecule has 0 saturated heterocycles. The molecule has 15 nitrogen and oxygen atoms in total.